The van der Waals surface area contributed by atoms with Crippen LogP contribution in [-0.4, -0.2) is 4.83 Å². The van der Waals surface area contributed by atoms with Crippen molar-refractivity contribution >= 4 is 15.9 Å². The topological polar surface area (TPSA) is 0 Å². The lowest BCUT2D eigenvalue weighted by Gasteiger charge is -2.54. The maximum absolute atomic E-state index is 3.85. The van der Waals surface area contributed by atoms with Crippen LogP contribution in [0.15, 0.2) is 24.3 Å². The largest absolute Gasteiger partial charge is 0.0887 e. The Balaban J connectivity index is 2.51. The second-order valence-electron chi connectivity index (χ2n) is 8.13. The summed E-state index contributed by atoms with van der Waals surface area (Å²) < 4.78 is 0. The zero-order valence-electron chi connectivity index (χ0n) is 12.6. The van der Waals surface area contributed by atoms with Gasteiger partial charge in [0.2, 0.25) is 0 Å². The molecule has 0 amide bonds. The third-order valence-corrected chi connectivity index (χ3v) is 5.87. The molecule has 2 aliphatic rings. The molecule has 0 aromatic rings. The molecule has 18 heavy (non-hydrogen) atoms. The predicted octanol–water partition coefficient (Wildman–Crippen LogP) is 5.59. The smallest absolute Gasteiger partial charge is 0.0186 e. The molecule has 0 aliphatic heterocycles. The first kappa shape index (κ1) is 14.4. The van der Waals surface area contributed by atoms with Gasteiger partial charge < -0.3 is 0 Å². The first-order chi connectivity index (χ1) is 8.11. The zero-order valence-corrected chi connectivity index (χ0v) is 14.2. The van der Waals surface area contributed by atoms with Crippen LogP contribution in [0.5, 0.6) is 0 Å². The van der Waals surface area contributed by atoms with Crippen LogP contribution in [0.25, 0.3) is 0 Å². The van der Waals surface area contributed by atoms with E-state index in [1.165, 1.54) is 6.42 Å². The molecule has 0 heterocycles. The van der Waals surface area contributed by atoms with E-state index in [1.807, 2.05) is 0 Å². The highest BCUT2D eigenvalue weighted by Crippen LogP contribution is 2.66. The molecular weight excluding hydrogens is 284 g/mol. The zero-order chi connectivity index (χ0) is 13.8. The molecule has 1 saturated carbocycles. The van der Waals surface area contributed by atoms with Gasteiger partial charge in [0.1, 0.15) is 0 Å². The fourth-order valence-corrected chi connectivity index (χ4v) is 4.78. The third-order valence-electron chi connectivity index (χ3n) is 4.86. The van der Waals surface area contributed by atoms with E-state index < -0.39 is 0 Å². The van der Waals surface area contributed by atoms with E-state index in [2.05, 4.69) is 81.8 Å². The summed E-state index contributed by atoms with van der Waals surface area (Å²) >= 11 is 3.85. The van der Waals surface area contributed by atoms with Crippen LogP contribution in [-0.2, 0) is 0 Å². The molecule has 0 bridgehead atoms. The summed E-state index contributed by atoms with van der Waals surface area (Å²) in [6, 6.07) is 0. The van der Waals surface area contributed by atoms with Crippen molar-refractivity contribution < 1.29 is 0 Å². The summed E-state index contributed by atoms with van der Waals surface area (Å²) in [6.45, 7) is 14.4. The molecule has 0 radical (unpaired) electrons. The first-order valence-corrected chi connectivity index (χ1v) is 8.02. The van der Waals surface area contributed by atoms with E-state index in [4.69, 9.17) is 0 Å². The molecule has 4 atom stereocenters. The van der Waals surface area contributed by atoms with E-state index in [9.17, 15) is 0 Å². The Bertz CT molecular complexity index is 377. The van der Waals surface area contributed by atoms with Crippen molar-refractivity contribution in [2.24, 2.45) is 28.1 Å². The van der Waals surface area contributed by atoms with Crippen LogP contribution < -0.4 is 0 Å². The molecule has 1 fully saturated rings. The Morgan fingerprint density at radius 2 is 1.61 bits per heavy atom. The van der Waals surface area contributed by atoms with Crippen LogP contribution in [0.4, 0.5) is 0 Å². The van der Waals surface area contributed by atoms with Crippen LogP contribution in [0, 0.1) is 28.1 Å². The Labute approximate surface area is 121 Å². The average molecular weight is 311 g/mol. The van der Waals surface area contributed by atoms with Gasteiger partial charge in [0, 0.05) is 10.2 Å². The molecule has 2 aliphatic carbocycles. The Kier molecular flexibility index (Phi) is 3.38. The SMILES string of the molecule is CC(C)(C)C1C=CC=CC1(C1CC1Br)C(C)(C)C. The second-order valence-corrected chi connectivity index (χ2v) is 9.31. The van der Waals surface area contributed by atoms with Gasteiger partial charge >= 0.3 is 0 Å². The van der Waals surface area contributed by atoms with Gasteiger partial charge in [0.05, 0.1) is 0 Å². The Morgan fingerprint density at radius 3 is 2.00 bits per heavy atom. The van der Waals surface area contributed by atoms with Crippen molar-refractivity contribution in [3.8, 4) is 0 Å². The molecule has 0 spiro atoms. The molecule has 102 valence electrons. The normalized spacial score (nSPS) is 40.1. The highest BCUT2D eigenvalue weighted by atomic mass is 79.9. The maximum atomic E-state index is 3.85. The number of halogens is 1. The fraction of sp³-hybridized carbons (Fsp3) is 0.765. The van der Waals surface area contributed by atoms with Crippen molar-refractivity contribution in [3.05, 3.63) is 24.3 Å². The van der Waals surface area contributed by atoms with Crippen LogP contribution >= 0.6 is 15.9 Å². The second kappa shape index (κ2) is 4.23. The van der Waals surface area contributed by atoms with Crippen LogP contribution in [0.3, 0.4) is 0 Å². The highest BCUT2D eigenvalue weighted by molar-refractivity contribution is 9.09. The lowest BCUT2D eigenvalue weighted by Crippen LogP contribution is -2.48. The van der Waals surface area contributed by atoms with Gasteiger partial charge in [0.15, 0.2) is 0 Å². The maximum Gasteiger partial charge on any atom is 0.0186 e. The highest BCUT2D eigenvalue weighted by Gasteiger charge is 2.60. The molecular formula is C17H27Br. The van der Waals surface area contributed by atoms with Crippen molar-refractivity contribution in [1.29, 1.82) is 0 Å². The van der Waals surface area contributed by atoms with Gasteiger partial charge in [-0.25, -0.2) is 0 Å². The van der Waals surface area contributed by atoms with Crippen LogP contribution in [0.1, 0.15) is 48.0 Å². The third kappa shape index (κ3) is 2.13. The first-order valence-electron chi connectivity index (χ1n) is 7.11. The lowest BCUT2D eigenvalue weighted by atomic mass is 9.50. The fourth-order valence-electron chi connectivity index (χ4n) is 3.94. The average Bonchev–Trinajstić information content (AvgIpc) is 2.92. The monoisotopic (exact) mass is 310 g/mol. The standard InChI is InChI=1S/C17H27Br/c1-15(2,3)14-9-7-8-10-17(14,16(4,5)6)12-11-13(12)18/h7-10,12-14H,11H2,1-6H3. The van der Waals surface area contributed by atoms with E-state index in [0.717, 1.165) is 5.92 Å². The molecule has 0 N–H and O–H groups in total. The van der Waals surface area contributed by atoms with Gasteiger partial charge in [0.25, 0.3) is 0 Å². The number of alkyl halides is 1. The van der Waals surface area contributed by atoms with Gasteiger partial charge in [-0.2, -0.15) is 0 Å². The minimum absolute atomic E-state index is 0.286. The summed E-state index contributed by atoms with van der Waals surface area (Å²) in [5.74, 6) is 1.39. The molecule has 4 unspecified atom stereocenters. The van der Waals surface area contributed by atoms with Gasteiger partial charge in [-0.15, -0.1) is 0 Å². The predicted molar refractivity (Wildman–Crippen MR) is 83.9 cm³/mol. The minimum atomic E-state index is 0.286. The quantitative estimate of drug-likeness (QED) is 0.554. The summed E-state index contributed by atoms with van der Waals surface area (Å²) in [7, 11) is 0. The van der Waals surface area contributed by atoms with E-state index in [0.29, 0.717) is 21.6 Å². The van der Waals surface area contributed by atoms with Gasteiger partial charge in [-0.1, -0.05) is 81.8 Å². The van der Waals surface area contributed by atoms with Gasteiger partial charge in [-0.3, -0.25) is 0 Å². The van der Waals surface area contributed by atoms with Crippen molar-refractivity contribution in [2.45, 2.75) is 52.8 Å². The molecule has 0 aromatic heterocycles. The van der Waals surface area contributed by atoms with E-state index >= 15 is 0 Å². The number of hydrogen-bond donors (Lipinski definition) is 0. The molecule has 0 nitrogen and oxygen atoms in total. The minimum Gasteiger partial charge on any atom is -0.0887 e. The molecule has 0 saturated heterocycles. The van der Waals surface area contributed by atoms with Gasteiger partial charge in [-0.05, 0) is 29.1 Å². The number of rotatable bonds is 1. The Hall–Kier alpha value is -0.0400. The summed E-state index contributed by atoms with van der Waals surface area (Å²) in [6.07, 6.45) is 10.8. The van der Waals surface area contributed by atoms with Crippen molar-refractivity contribution in [2.75, 3.05) is 0 Å². The number of allylic oxidation sites excluding steroid dienone is 4. The lowest BCUT2D eigenvalue weighted by molar-refractivity contribution is 0.00978. The molecule has 1 heteroatoms. The molecule has 2 rings (SSSR count). The van der Waals surface area contributed by atoms with Crippen LogP contribution in [0.2, 0.25) is 0 Å². The number of hydrogen-bond acceptors (Lipinski definition) is 0. The molecule has 0 aromatic carbocycles. The summed E-state index contributed by atoms with van der Waals surface area (Å²) in [5, 5.41) is 0. The summed E-state index contributed by atoms with van der Waals surface area (Å²) in [4.78, 5) is 0.706. The Morgan fingerprint density at radius 1 is 1.06 bits per heavy atom. The van der Waals surface area contributed by atoms with E-state index in [-0.39, 0.29) is 5.41 Å². The summed E-state index contributed by atoms with van der Waals surface area (Å²) in [5.41, 5.74) is 0.886. The van der Waals surface area contributed by atoms with Crippen molar-refractivity contribution in [3.63, 3.8) is 0 Å². The van der Waals surface area contributed by atoms with E-state index in [1.54, 1.807) is 0 Å². The van der Waals surface area contributed by atoms with Crippen molar-refractivity contribution in [1.82, 2.24) is 0 Å².